The van der Waals surface area contributed by atoms with Crippen molar-refractivity contribution in [3.05, 3.63) is 76.3 Å². The van der Waals surface area contributed by atoms with Crippen molar-refractivity contribution in [2.24, 2.45) is 0 Å². The van der Waals surface area contributed by atoms with Gasteiger partial charge in [0.2, 0.25) is 0 Å². The molecule has 1 heterocycles. The predicted octanol–water partition coefficient (Wildman–Crippen LogP) is 4.20. The fourth-order valence-electron chi connectivity index (χ4n) is 2.69. The minimum Gasteiger partial charge on any atom is -0.294 e. The topological polar surface area (TPSA) is 20.3 Å². The average molecular weight is 312 g/mol. The molecule has 2 aromatic rings. The van der Waals surface area contributed by atoms with Crippen molar-refractivity contribution in [3.8, 4) is 0 Å². The Bertz CT molecular complexity index is 676. The van der Waals surface area contributed by atoms with E-state index in [1.54, 1.807) is 0 Å². The van der Waals surface area contributed by atoms with E-state index in [0.717, 1.165) is 24.2 Å². The van der Waals surface area contributed by atoms with E-state index in [4.69, 9.17) is 11.6 Å². The van der Waals surface area contributed by atoms with Crippen LogP contribution in [-0.4, -0.2) is 23.8 Å². The van der Waals surface area contributed by atoms with Gasteiger partial charge < -0.3 is 0 Å². The molecule has 1 aliphatic heterocycles. The molecule has 0 N–H and O–H groups in total. The summed E-state index contributed by atoms with van der Waals surface area (Å²) in [6.07, 6.45) is 2.57. The van der Waals surface area contributed by atoms with Crippen molar-refractivity contribution in [2.75, 3.05) is 13.1 Å². The number of nitrogens with zero attached hydrogens (tertiary/aromatic N) is 1. The summed E-state index contributed by atoms with van der Waals surface area (Å²) in [7, 11) is 0. The van der Waals surface area contributed by atoms with Crippen LogP contribution in [0.3, 0.4) is 0 Å². The summed E-state index contributed by atoms with van der Waals surface area (Å²) in [6, 6.07) is 18.0. The monoisotopic (exact) mass is 311 g/mol. The molecular formula is C19H18ClNO. The summed E-state index contributed by atoms with van der Waals surface area (Å²) in [5.41, 5.74) is 3.18. The molecule has 0 bridgehead atoms. The highest BCUT2D eigenvalue weighted by Crippen LogP contribution is 2.19. The normalized spacial score (nSPS) is 17.9. The highest BCUT2D eigenvalue weighted by atomic mass is 35.5. The molecule has 1 aliphatic rings. The highest BCUT2D eigenvalue weighted by molar-refractivity contribution is 6.30. The van der Waals surface area contributed by atoms with Crippen LogP contribution in [0.1, 0.15) is 17.5 Å². The van der Waals surface area contributed by atoms with Crippen molar-refractivity contribution < 1.29 is 4.79 Å². The van der Waals surface area contributed by atoms with Gasteiger partial charge in [0.15, 0.2) is 5.78 Å². The van der Waals surface area contributed by atoms with E-state index >= 15 is 0 Å². The van der Waals surface area contributed by atoms with Crippen LogP contribution < -0.4 is 0 Å². The van der Waals surface area contributed by atoms with Crippen molar-refractivity contribution in [3.63, 3.8) is 0 Å². The van der Waals surface area contributed by atoms with Crippen LogP contribution in [-0.2, 0) is 11.3 Å². The lowest BCUT2D eigenvalue weighted by Crippen LogP contribution is -2.35. The molecule has 0 aliphatic carbocycles. The number of Topliss-reactive ketones (excluding diaryl/α,β-unsaturated/α-hetero) is 1. The maximum absolute atomic E-state index is 12.1. The summed E-state index contributed by atoms with van der Waals surface area (Å²) in [4.78, 5) is 14.5. The van der Waals surface area contributed by atoms with Crippen LogP contribution in [0.4, 0.5) is 0 Å². The molecule has 2 nitrogen and oxygen atoms in total. The number of benzene rings is 2. The van der Waals surface area contributed by atoms with Gasteiger partial charge in [-0.25, -0.2) is 0 Å². The fraction of sp³-hybridized carbons (Fsp3) is 0.211. The number of halogens is 1. The number of carbonyl (C=O) groups excluding carboxylic acids is 1. The highest BCUT2D eigenvalue weighted by Gasteiger charge is 2.21. The van der Waals surface area contributed by atoms with Crippen LogP contribution in [0.2, 0.25) is 5.02 Å². The first-order valence-corrected chi connectivity index (χ1v) is 7.84. The van der Waals surface area contributed by atoms with Crippen LogP contribution in [0.15, 0.2) is 60.2 Å². The summed E-state index contributed by atoms with van der Waals surface area (Å²) >= 11 is 5.90. The van der Waals surface area contributed by atoms with Crippen molar-refractivity contribution >= 4 is 23.5 Å². The Morgan fingerprint density at radius 1 is 1.05 bits per heavy atom. The molecule has 0 radical (unpaired) electrons. The SMILES string of the molecule is O=C1CCN(Cc2ccccc2)C/C1=C\c1ccc(Cl)cc1. The Balaban J connectivity index is 1.73. The maximum Gasteiger partial charge on any atom is 0.161 e. The average Bonchev–Trinajstić information content (AvgIpc) is 2.54. The van der Waals surface area contributed by atoms with Crippen molar-refractivity contribution in [2.45, 2.75) is 13.0 Å². The van der Waals surface area contributed by atoms with E-state index in [2.05, 4.69) is 29.2 Å². The van der Waals surface area contributed by atoms with Crippen molar-refractivity contribution in [1.82, 2.24) is 4.90 Å². The molecule has 1 fully saturated rings. The third kappa shape index (κ3) is 3.85. The standard InChI is InChI=1S/C19H18ClNO/c20-18-8-6-15(7-9-18)12-17-14-21(11-10-19(17)22)13-16-4-2-1-3-5-16/h1-9,12H,10-11,13-14H2/b17-12+. The molecule has 112 valence electrons. The van der Waals surface area contributed by atoms with E-state index in [1.807, 2.05) is 36.4 Å². The van der Waals surface area contributed by atoms with E-state index in [9.17, 15) is 4.79 Å². The summed E-state index contributed by atoms with van der Waals surface area (Å²) in [6.45, 7) is 2.41. The minimum absolute atomic E-state index is 0.249. The molecule has 0 unspecified atom stereocenters. The zero-order chi connectivity index (χ0) is 15.4. The van der Waals surface area contributed by atoms with Gasteiger partial charge in [0.05, 0.1) is 0 Å². The first kappa shape index (κ1) is 15.0. The van der Waals surface area contributed by atoms with E-state index < -0.39 is 0 Å². The summed E-state index contributed by atoms with van der Waals surface area (Å²) in [5, 5.41) is 0.711. The Kier molecular flexibility index (Phi) is 4.71. The number of rotatable bonds is 3. The van der Waals surface area contributed by atoms with E-state index in [1.165, 1.54) is 5.56 Å². The van der Waals surface area contributed by atoms with Crippen LogP contribution in [0.25, 0.3) is 6.08 Å². The second-order valence-corrected chi connectivity index (χ2v) is 6.03. The molecule has 3 rings (SSSR count). The zero-order valence-corrected chi connectivity index (χ0v) is 13.1. The van der Waals surface area contributed by atoms with Gasteiger partial charge in [-0.2, -0.15) is 0 Å². The Hall–Kier alpha value is -1.90. The molecule has 22 heavy (non-hydrogen) atoms. The van der Waals surface area contributed by atoms with Gasteiger partial charge in [-0.3, -0.25) is 9.69 Å². The fourth-order valence-corrected chi connectivity index (χ4v) is 2.82. The second kappa shape index (κ2) is 6.91. The maximum atomic E-state index is 12.1. The third-order valence-corrected chi connectivity index (χ3v) is 4.12. The van der Waals surface area contributed by atoms with Crippen molar-refractivity contribution in [1.29, 1.82) is 0 Å². The first-order chi connectivity index (χ1) is 10.7. The largest absolute Gasteiger partial charge is 0.294 e. The Labute approximate surface area is 136 Å². The lowest BCUT2D eigenvalue weighted by Gasteiger charge is -2.27. The van der Waals surface area contributed by atoms with Gasteiger partial charge in [0, 0.05) is 36.7 Å². The molecule has 0 aromatic heterocycles. The van der Waals surface area contributed by atoms with Crippen LogP contribution >= 0.6 is 11.6 Å². The number of hydrogen-bond donors (Lipinski definition) is 0. The first-order valence-electron chi connectivity index (χ1n) is 7.46. The van der Waals surface area contributed by atoms with E-state index in [-0.39, 0.29) is 5.78 Å². The molecule has 0 spiro atoms. The molecule has 3 heteroatoms. The minimum atomic E-state index is 0.249. The zero-order valence-electron chi connectivity index (χ0n) is 12.3. The van der Waals surface area contributed by atoms with Crippen LogP contribution in [0.5, 0.6) is 0 Å². The summed E-state index contributed by atoms with van der Waals surface area (Å²) in [5.74, 6) is 0.249. The number of ketones is 1. The third-order valence-electron chi connectivity index (χ3n) is 3.87. The molecule has 0 saturated carbocycles. The van der Waals surface area contributed by atoms with Gasteiger partial charge in [-0.15, -0.1) is 0 Å². The van der Waals surface area contributed by atoms with Gasteiger partial charge in [0.1, 0.15) is 0 Å². The molecular weight excluding hydrogens is 294 g/mol. The molecule has 2 aromatic carbocycles. The summed E-state index contributed by atoms with van der Waals surface area (Å²) < 4.78 is 0. The van der Waals surface area contributed by atoms with Crippen LogP contribution in [0, 0.1) is 0 Å². The number of likely N-dealkylation sites (tertiary alicyclic amines) is 1. The van der Waals surface area contributed by atoms with Gasteiger partial charge >= 0.3 is 0 Å². The number of piperidine rings is 1. The Morgan fingerprint density at radius 2 is 1.77 bits per heavy atom. The lowest BCUT2D eigenvalue weighted by molar-refractivity contribution is -0.117. The molecule has 0 atom stereocenters. The lowest BCUT2D eigenvalue weighted by atomic mass is 10.00. The smallest absolute Gasteiger partial charge is 0.161 e. The quantitative estimate of drug-likeness (QED) is 0.792. The molecule has 1 saturated heterocycles. The van der Waals surface area contributed by atoms with Gasteiger partial charge in [-0.1, -0.05) is 54.1 Å². The Morgan fingerprint density at radius 3 is 2.50 bits per heavy atom. The van der Waals surface area contributed by atoms with Gasteiger partial charge in [0.25, 0.3) is 0 Å². The predicted molar refractivity (Wildman–Crippen MR) is 90.8 cm³/mol. The number of hydrogen-bond acceptors (Lipinski definition) is 2. The van der Waals surface area contributed by atoms with E-state index in [0.29, 0.717) is 18.0 Å². The molecule has 0 amide bonds. The van der Waals surface area contributed by atoms with Gasteiger partial charge in [-0.05, 0) is 29.3 Å². The number of carbonyl (C=O) groups is 1. The second-order valence-electron chi connectivity index (χ2n) is 5.59.